The van der Waals surface area contributed by atoms with Crippen LogP contribution in [0, 0.1) is 6.92 Å². The molecule has 0 bridgehead atoms. The summed E-state index contributed by atoms with van der Waals surface area (Å²) in [4.78, 5) is 27.3. The topological polar surface area (TPSA) is 58.6 Å². The summed E-state index contributed by atoms with van der Waals surface area (Å²) in [5.74, 6) is -0.185. The smallest absolute Gasteiger partial charge is 0.414 e. The summed E-state index contributed by atoms with van der Waals surface area (Å²) in [6.45, 7) is 2.90. The summed E-state index contributed by atoms with van der Waals surface area (Å²) in [6.07, 6.45) is 6.25. The Balaban J connectivity index is 1.43. The van der Waals surface area contributed by atoms with E-state index in [1.165, 1.54) is 37.0 Å². The van der Waals surface area contributed by atoms with Gasteiger partial charge in [0.15, 0.2) is 0 Å². The minimum Gasteiger partial charge on any atom is -0.447 e. The number of amides is 2. The van der Waals surface area contributed by atoms with Gasteiger partial charge in [-0.25, -0.2) is 4.79 Å². The lowest BCUT2D eigenvalue weighted by molar-refractivity contribution is 0.102. The van der Waals surface area contributed by atoms with Crippen LogP contribution < -0.4 is 10.2 Å². The van der Waals surface area contributed by atoms with E-state index in [1.807, 2.05) is 30.8 Å². The van der Waals surface area contributed by atoms with Crippen molar-refractivity contribution in [2.75, 3.05) is 23.4 Å². The molecule has 0 atom stereocenters. The predicted octanol–water partition coefficient (Wildman–Crippen LogP) is 5.63. The van der Waals surface area contributed by atoms with Crippen molar-refractivity contribution in [2.45, 2.75) is 49.2 Å². The fourth-order valence-corrected chi connectivity index (χ4v) is 5.21. The van der Waals surface area contributed by atoms with Crippen molar-refractivity contribution in [3.05, 3.63) is 53.6 Å². The van der Waals surface area contributed by atoms with E-state index in [0.717, 1.165) is 11.3 Å². The van der Waals surface area contributed by atoms with Crippen LogP contribution in [-0.4, -0.2) is 30.4 Å². The number of carbonyl (C=O) groups is 2. The molecule has 0 spiro atoms. The summed E-state index contributed by atoms with van der Waals surface area (Å²) < 4.78 is 4.98. The molecule has 1 aliphatic carbocycles. The van der Waals surface area contributed by atoms with Crippen LogP contribution in [0.4, 0.5) is 16.2 Å². The number of aryl methyl sites for hydroxylation is 1. The lowest BCUT2D eigenvalue weighted by Crippen LogP contribution is -2.23. The van der Waals surface area contributed by atoms with Crippen LogP contribution in [0.3, 0.4) is 0 Å². The van der Waals surface area contributed by atoms with Crippen LogP contribution in [0.25, 0.3) is 0 Å². The number of hydrogen-bond acceptors (Lipinski definition) is 4. The Kier molecular flexibility index (Phi) is 6.09. The minimum atomic E-state index is -0.371. The van der Waals surface area contributed by atoms with E-state index in [9.17, 15) is 9.59 Å². The van der Waals surface area contributed by atoms with Gasteiger partial charge < -0.3 is 10.1 Å². The van der Waals surface area contributed by atoms with Gasteiger partial charge in [0.2, 0.25) is 0 Å². The van der Waals surface area contributed by atoms with Gasteiger partial charge in [0.05, 0.1) is 6.54 Å². The third-order valence-electron chi connectivity index (χ3n) is 5.48. The second-order valence-electron chi connectivity index (χ2n) is 7.63. The molecule has 2 aliphatic rings. The maximum absolute atomic E-state index is 12.8. The standard InChI is InChI=1S/C23H26N2O3S/c1-16-14-20(29-19-8-3-2-4-9-19)10-11-21(16)24-22(26)17-6-5-7-18(15-17)25-12-13-28-23(25)27/h5-7,10-11,14-15,19H,2-4,8-9,12-13H2,1H3,(H,24,26). The number of benzene rings is 2. The summed E-state index contributed by atoms with van der Waals surface area (Å²) in [6, 6.07) is 13.3. The maximum atomic E-state index is 12.8. The van der Waals surface area contributed by atoms with Gasteiger partial charge in [-0.2, -0.15) is 0 Å². The molecule has 0 unspecified atom stereocenters. The molecule has 5 nitrogen and oxygen atoms in total. The van der Waals surface area contributed by atoms with E-state index < -0.39 is 0 Å². The average molecular weight is 411 g/mol. The summed E-state index contributed by atoms with van der Waals surface area (Å²) >= 11 is 1.96. The van der Waals surface area contributed by atoms with Crippen molar-refractivity contribution < 1.29 is 14.3 Å². The number of nitrogens with zero attached hydrogens (tertiary/aromatic N) is 1. The van der Waals surface area contributed by atoms with Crippen LogP contribution in [-0.2, 0) is 4.74 Å². The minimum absolute atomic E-state index is 0.185. The molecular formula is C23H26N2O3S. The number of rotatable bonds is 5. The summed E-state index contributed by atoms with van der Waals surface area (Å²) in [7, 11) is 0. The zero-order valence-electron chi connectivity index (χ0n) is 16.6. The highest BCUT2D eigenvalue weighted by Gasteiger charge is 2.24. The number of hydrogen-bond donors (Lipinski definition) is 1. The number of thioether (sulfide) groups is 1. The van der Waals surface area contributed by atoms with Gasteiger partial charge in [-0.3, -0.25) is 9.69 Å². The van der Waals surface area contributed by atoms with Gasteiger partial charge in [-0.15, -0.1) is 11.8 Å². The van der Waals surface area contributed by atoms with Gasteiger partial charge >= 0.3 is 6.09 Å². The molecule has 4 rings (SSSR count). The van der Waals surface area contributed by atoms with E-state index in [-0.39, 0.29) is 12.0 Å². The molecule has 0 radical (unpaired) electrons. The van der Waals surface area contributed by atoms with Crippen molar-refractivity contribution in [1.29, 1.82) is 0 Å². The Bertz CT molecular complexity index is 909. The van der Waals surface area contributed by atoms with Gasteiger partial charge in [0.1, 0.15) is 6.61 Å². The van der Waals surface area contributed by atoms with Crippen LogP contribution in [0.2, 0.25) is 0 Å². The Morgan fingerprint density at radius 1 is 1.14 bits per heavy atom. The fraction of sp³-hybridized carbons (Fsp3) is 0.391. The molecule has 1 N–H and O–H groups in total. The van der Waals surface area contributed by atoms with Crippen LogP contribution in [0.5, 0.6) is 0 Å². The SMILES string of the molecule is Cc1cc(SC2CCCCC2)ccc1NC(=O)c1cccc(N2CCOC2=O)c1. The quantitative estimate of drug-likeness (QED) is 0.694. The number of anilines is 2. The Morgan fingerprint density at radius 3 is 2.69 bits per heavy atom. The number of carbonyl (C=O) groups excluding carboxylic acids is 2. The molecule has 6 heteroatoms. The number of ether oxygens (including phenoxy) is 1. The van der Waals surface area contributed by atoms with E-state index >= 15 is 0 Å². The van der Waals surface area contributed by atoms with Gasteiger partial charge in [-0.1, -0.05) is 25.3 Å². The molecule has 1 saturated carbocycles. The first-order valence-electron chi connectivity index (χ1n) is 10.2. The zero-order chi connectivity index (χ0) is 20.2. The van der Waals surface area contributed by atoms with E-state index in [1.54, 1.807) is 23.1 Å². The lowest BCUT2D eigenvalue weighted by Gasteiger charge is -2.21. The molecule has 2 aromatic carbocycles. The molecule has 2 amide bonds. The maximum Gasteiger partial charge on any atom is 0.414 e. The first-order chi connectivity index (χ1) is 14.1. The van der Waals surface area contributed by atoms with E-state index in [4.69, 9.17) is 4.74 Å². The van der Waals surface area contributed by atoms with Crippen LogP contribution in [0.15, 0.2) is 47.4 Å². The predicted molar refractivity (Wildman–Crippen MR) is 117 cm³/mol. The van der Waals surface area contributed by atoms with Gasteiger partial charge in [0.25, 0.3) is 5.91 Å². The Labute approximate surface area is 175 Å². The Morgan fingerprint density at radius 2 is 1.97 bits per heavy atom. The van der Waals surface area contributed by atoms with Crippen molar-refractivity contribution >= 4 is 35.1 Å². The summed E-state index contributed by atoms with van der Waals surface area (Å²) in [5.41, 5.74) is 3.06. The van der Waals surface area contributed by atoms with Gasteiger partial charge in [0, 0.05) is 27.1 Å². The molecule has 2 fully saturated rings. The normalized spacial score (nSPS) is 17.3. The summed E-state index contributed by atoms with van der Waals surface area (Å²) in [5, 5.41) is 3.72. The van der Waals surface area contributed by atoms with Crippen LogP contribution >= 0.6 is 11.8 Å². The van der Waals surface area contributed by atoms with Crippen molar-refractivity contribution in [3.8, 4) is 0 Å². The van der Waals surface area contributed by atoms with E-state index in [2.05, 4.69) is 17.4 Å². The third kappa shape index (κ3) is 4.75. The largest absolute Gasteiger partial charge is 0.447 e. The monoisotopic (exact) mass is 410 g/mol. The average Bonchev–Trinajstić information content (AvgIpc) is 3.17. The molecule has 1 aliphatic heterocycles. The third-order valence-corrected chi connectivity index (χ3v) is 6.81. The number of nitrogens with one attached hydrogen (secondary N) is 1. The lowest BCUT2D eigenvalue weighted by atomic mass is 10.0. The molecule has 152 valence electrons. The highest BCUT2D eigenvalue weighted by Crippen LogP contribution is 2.35. The fourth-order valence-electron chi connectivity index (χ4n) is 3.86. The van der Waals surface area contributed by atoms with Crippen molar-refractivity contribution in [3.63, 3.8) is 0 Å². The second-order valence-corrected chi connectivity index (χ2v) is 9.00. The molecule has 2 aromatic rings. The van der Waals surface area contributed by atoms with Crippen LogP contribution in [0.1, 0.15) is 48.0 Å². The first kappa shape index (κ1) is 19.8. The van der Waals surface area contributed by atoms with Gasteiger partial charge in [-0.05, 0) is 61.7 Å². The molecule has 0 aromatic heterocycles. The molecule has 1 saturated heterocycles. The van der Waals surface area contributed by atoms with Crippen molar-refractivity contribution in [1.82, 2.24) is 0 Å². The number of cyclic esters (lactones) is 1. The molecule has 29 heavy (non-hydrogen) atoms. The highest BCUT2D eigenvalue weighted by molar-refractivity contribution is 8.00. The molecule has 1 heterocycles. The molecular weight excluding hydrogens is 384 g/mol. The van der Waals surface area contributed by atoms with Crippen molar-refractivity contribution in [2.24, 2.45) is 0 Å². The zero-order valence-corrected chi connectivity index (χ0v) is 17.5. The first-order valence-corrected chi connectivity index (χ1v) is 11.1. The Hall–Kier alpha value is -2.47. The highest BCUT2D eigenvalue weighted by atomic mass is 32.2. The second kappa shape index (κ2) is 8.91. The van der Waals surface area contributed by atoms with E-state index in [0.29, 0.717) is 29.7 Å².